The maximum absolute atomic E-state index is 12.5. The molecule has 3 rings (SSSR count). The number of thiazole rings is 1. The molecule has 10 heteroatoms. The molecule has 0 atom stereocenters. The van der Waals surface area contributed by atoms with Crippen molar-refractivity contribution in [3.05, 3.63) is 34.4 Å². The SMILES string of the molecule is CCOC(=O)N1CCN(C(=O)Cc2csc(Nc3ccc(Cl)cn3)n2)CC1. The van der Waals surface area contributed by atoms with Gasteiger partial charge in [0.15, 0.2) is 5.13 Å². The first kappa shape index (κ1) is 19.4. The van der Waals surface area contributed by atoms with E-state index in [0.717, 1.165) is 0 Å². The van der Waals surface area contributed by atoms with E-state index in [9.17, 15) is 9.59 Å². The number of hydrogen-bond acceptors (Lipinski definition) is 7. The number of carbonyl (C=O) groups excluding carboxylic acids is 2. The molecule has 2 amide bonds. The van der Waals surface area contributed by atoms with E-state index in [2.05, 4.69) is 15.3 Å². The molecule has 8 nitrogen and oxygen atoms in total. The lowest BCUT2D eigenvalue weighted by molar-refractivity contribution is -0.132. The second-order valence-electron chi connectivity index (χ2n) is 5.87. The molecule has 27 heavy (non-hydrogen) atoms. The highest BCUT2D eigenvalue weighted by atomic mass is 35.5. The van der Waals surface area contributed by atoms with Crippen LogP contribution in [0.5, 0.6) is 0 Å². The zero-order valence-electron chi connectivity index (χ0n) is 14.9. The van der Waals surface area contributed by atoms with Gasteiger partial charge in [-0.15, -0.1) is 11.3 Å². The Bertz CT molecular complexity index is 790. The molecule has 1 aliphatic heterocycles. The Morgan fingerprint density at radius 3 is 2.67 bits per heavy atom. The number of nitrogens with one attached hydrogen (secondary N) is 1. The zero-order valence-corrected chi connectivity index (χ0v) is 16.4. The summed E-state index contributed by atoms with van der Waals surface area (Å²) >= 11 is 7.23. The number of pyridine rings is 1. The molecular formula is C17H20ClN5O3S. The molecule has 0 bridgehead atoms. The Morgan fingerprint density at radius 1 is 1.26 bits per heavy atom. The monoisotopic (exact) mass is 409 g/mol. The average Bonchev–Trinajstić information content (AvgIpc) is 3.10. The molecule has 0 aliphatic carbocycles. The number of amides is 2. The van der Waals surface area contributed by atoms with Crippen LogP contribution in [0.1, 0.15) is 12.6 Å². The van der Waals surface area contributed by atoms with Crippen molar-refractivity contribution in [2.45, 2.75) is 13.3 Å². The van der Waals surface area contributed by atoms with Gasteiger partial charge in [-0.3, -0.25) is 4.79 Å². The molecule has 2 aromatic rings. The minimum Gasteiger partial charge on any atom is -0.450 e. The summed E-state index contributed by atoms with van der Waals surface area (Å²) in [6.45, 7) is 4.10. The van der Waals surface area contributed by atoms with Crippen molar-refractivity contribution >= 4 is 45.9 Å². The number of halogens is 1. The third kappa shape index (κ3) is 5.30. The number of hydrogen-bond donors (Lipinski definition) is 1. The fourth-order valence-electron chi connectivity index (χ4n) is 2.62. The van der Waals surface area contributed by atoms with Gasteiger partial charge in [0.05, 0.1) is 23.7 Å². The van der Waals surface area contributed by atoms with Crippen molar-refractivity contribution in [2.75, 3.05) is 38.1 Å². The number of rotatable bonds is 5. The van der Waals surface area contributed by atoms with Gasteiger partial charge in [-0.1, -0.05) is 11.6 Å². The van der Waals surface area contributed by atoms with E-state index >= 15 is 0 Å². The van der Waals surface area contributed by atoms with Crippen LogP contribution in [0.25, 0.3) is 0 Å². The van der Waals surface area contributed by atoms with Gasteiger partial charge < -0.3 is 19.9 Å². The Hall–Kier alpha value is -2.39. The number of aromatic nitrogens is 2. The Labute approximate surface area is 166 Å². The summed E-state index contributed by atoms with van der Waals surface area (Å²) in [7, 11) is 0. The Morgan fingerprint density at radius 2 is 2.00 bits per heavy atom. The van der Waals surface area contributed by atoms with Crippen molar-refractivity contribution in [3.63, 3.8) is 0 Å². The predicted molar refractivity (Wildman–Crippen MR) is 104 cm³/mol. The Balaban J connectivity index is 1.49. The molecule has 1 N–H and O–H groups in total. The molecule has 1 fully saturated rings. The number of carbonyl (C=O) groups is 2. The lowest BCUT2D eigenvalue weighted by atomic mass is 10.2. The van der Waals surface area contributed by atoms with Crippen LogP contribution in [0, 0.1) is 0 Å². The highest BCUT2D eigenvalue weighted by Gasteiger charge is 2.25. The number of ether oxygens (including phenoxy) is 1. The van der Waals surface area contributed by atoms with Gasteiger partial charge in [-0.05, 0) is 19.1 Å². The van der Waals surface area contributed by atoms with Crippen LogP contribution in [0.15, 0.2) is 23.7 Å². The third-order valence-corrected chi connectivity index (χ3v) is 5.03. The summed E-state index contributed by atoms with van der Waals surface area (Å²) < 4.78 is 4.99. The van der Waals surface area contributed by atoms with Crippen molar-refractivity contribution < 1.29 is 14.3 Å². The Kier molecular flexibility index (Phi) is 6.46. The third-order valence-electron chi connectivity index (χ3n) is 4.00. The molecule has 144 valence electrons. The van der Waals surface area contributed by atoms with Crippen molar-refractivity contribution in [1.82, 2.24) is 19.8 Å². The smallest absolute Gasteiger partial charge is 0.409 e. The molecule has 2 aromatic heterocycles. The summed E-state index contributed by atoms with van der Waals surface area (Å²) in [6.07, 6.45) is 1.46. The summed E-state index contributed by atoms with van der Waals surface area (Å²) in [5, 5.41) is 6.17. The van der Waals surface area contributed by atoms with E-state index in [1.54, 1.807) is 35.1 Å². The summed E-state index contributed by atoms with van der Waals surface area (Å²) in [6, 6.07) is 3.50. The van der Waals surface area contributed by atoms with E-state index in [0.29, 0.717) is 54.5 Å². The topological polar surface area (TPSA) is 87.7 Å². The van der Waals surface area contributed by atoms with Gasteiger partial charge >= 0.3 is 6.09 Å². The fraction of sp³-hybridized carbons (Fsp3) is 0.412. The lowest BCUT2D eigenvalue weighted by Gasteiger charge is -2.34. The van der Waals surface area contributed by atoms with Crippen LogP contribution in [0.2, 0.25) is 5.02 Å². The van der Waals surface area contributed by atoms with Crippen LogP contribution in [-0.2, 0) is 16.0 Å². The van der Waals surface area contributed by atoms with E-state index in [4.69, 9.17) is 16.3 Å². The summed E-state index contributed by atoms with van der Waals surface area (Å²) in [5.74, 6) is 0.640. The maximum atomic E-state index is 12.5. The van der Waals surface area contributed by atoms with Crippen LogP contribution in [-0.4, -0.2) is 64.6 Å². The number of anilines is 2. The van der Waals surface area contributed by atoms with Crippen molar-refractivity contribution in [1.29, 1.82) is 0 Å². The summed E-state index contributed by atoms with van der Waals surface area (Å²) in [5.41, 5.74) is 0.703. The second kappa shape index (κ2) is 9.01. The van der Waals surface area contributed by atoms with Crippen LogP contribution >= 0.6 is 22.9 Å². The van der Waals surface area contributed by atoms with Gasteiger partial charge in [0.25, 0.3) is 0 Å². The quantitative estimate of drug-likeness (QED) is 0.816. The molecule has 1 aliphatic rings. The van der Waals surface area contributed by atoms with Crippen molar-refractivity contribution in [2.24, 2.45) is 0 Å². The molecule has 0 saturated carbocycles. The maximum Gasteiger partial charge on any atom is 0.409 e. The van der Waals surface area contributed by atoms with Gasteiger partial charge in [-0.25, -0.2) is 14.8 Å². The molecule has 0 spiro atoms. The first-order valence-electron chi connectivity index (χ1n) is 8.57. The average molecular weight is 410 g/mol. The van der Waals surface area contributed by atoms with Crippen LogP contribution < -0.4 is 5.32 Å². The van der Waals surface area contributed by atoms with Gasteiger partial charge in [0, 0.05) is 37.8 Å². The number of piperazine rings is 1. The minimum absolute atomic E-state index is 0.0000215. The summed E-state index contributed by atoms with van der Waals surface area (Å²) in [4.78, 5) is 36.2. The highest BCUT2D eigenvalue weighted by Crippen LogP contribution is 2.21. The minimum atomic E-state index is -0.323. The first-order chi connectivity index (χ1) is 13.0. The molecule has 0 unspecified atom stereocenters. The standard InChI is InChI=1S/C17H20ClN5O3S/c1-2-26-17(25)23-7-5-22(6-8-23)15(24)9-13-11-27-16(20-13)21-14-4-3-12(18)10-19-14/h3-4,10-11H,2,5-9H2,1H3,(H,19,20,21). The molecule has 0 aromatic carbocycles. The number of nitrogens with zero attached hydrogens (tertiary/aromatic N) is 4. The molecule has 0 radical (unpaired) electrons. The van der Waals surface area contributed by atoms with E-state index in [1.165, 1.54) is 11.3 Å². The van der Waals surface area contributed by atoms with E-state index in [-0.39, 0.29) is 18.4 Å². The predicted octanol–water partition coefficient (Wildman–Crippen LogP) is 2.78. The van der Waals surface area contributed by atoms with Crippen molar-refractivity contribution in [3.8, 4) is 0 Å². The van der Waals surface area contributed by atoms with Crippen LogP contribution in [0.4, 0.5) is 15.7 Å². The van der Waals surface area contributed by atoms with E-state index in [1.807, 2.05) is 5.38 Å². The molecule has 3 heterocycles. The van der Waals surface area contributed by atoms with Gasteiger partial charge in [0.2, 0.25) is 5.91 Å². The fourth-order valence-corrected chi connectivity index (χ4v) is 3.45. The van der Waals surface area contributed by atoms with E-state index < -0.39 is 0 Å². The largest absolute Gasteiger partial charge is 0.450 e. The molecule has 1 saturated heterocycles. The first-order valence-corrected chi connectivity index (χ1v) is 9.83. The normalized spacial score (nSPS) is 14.1. The lowest BCUT2D eigenvalue weighted by Crippen LogP contribution is -2.51. The second-order valence-corrected chi connectivity index (χ2v) is 7.17. The molecular weight excluding hydrogens is 390 g/mol. The van der Waals surface area contributed by atoms with Gasteiger partial charge in [0.1, 0.15) is 5.82 Å². The van der Waals surface area contributed by atoms with Gasteiger partial charge in [-0.2, -0.15) is 0 Å². The zero-order chi connectivity index (χ0) is 19.2. The van der Waals surface area contributed by atoms with Crippen LogP contribution in [0.3, 0.4) is 0 Å². The highest BCUT2D eigenvalue weighted by molar-refractivity contribution is 7.13.